The highest BCUT2D eigenvalue weighted by Gasteiger charge is 2.39. The lowest BCUT2D eigenvalue weighted by molar-refractivity contribution is -0.116. The molecule has 116 valence electrons. The first kappa shape index (κ1) is 16.0. The molecule has 21 heavy (non-hydrogen) atoms. The third-order valence-electron chi connectivity index (χ3n) is 4.30. The SMILES string of the molecule is Clc1cc(CBr)ccc1OC1CCOC2(CCSCC2)C1. The predicted octanol–water partition coefficient (Wildman–Crippen LogP) is 5.06. The zero-order valence-corrected chi connectivity index (χ0v) is 15.1. The van der Waals surface area contributed by atoms with Crippen molar-refractivity contribution in [2.75, 3.05) is 18.1 Å². The summed E-state index contributed by atoms with van der Waals surface area (Å²) in [6.07, 6.45) is 4.45. The number of benzene rings is 1. The zero-order valence-electron chi connectivity index (χ0n) is 11.9. The van der Waals surface area contributed by atoms with Crippen LogP contribution < -0.4 is 4.74 Å². The van der Waals surface area contributed by atoms with Gasteiger partial charge in [0.25, 0.3) is 0 Å². The molecule has 0 amide bonds. The maximum atomic E-state index is 6.32. The summed E-state index contributed by atoms with van der Waals surface area (Å²) >= 11 is 11.8. The number of thioether (sulfide) groups is 1. The maximum absolute atomic E-state index is 6.32. The molecule has 2 fully saturated rings. The average molecular weight is 392 g/mol. The Labute approximate surface area is 144 Å². The molecular weight excluding hydrogens is 372 g/mol. The summed E-state index contributed by atoms with van der Waals surface area (Å²) in [7, 11) is 0. The Kier molecular flexibility index (Phi) is 5.41. The Morgan fingerprint density at radius 2 is 2.19 bits per heavy atom. The van der Waals surface area contributed by atoms with Crippen LogP contribution in [0, 0.1) is 0 Å². The summed E-state index contributed by atoms with van der Waals surface area (Å²) in [6.45, 7) is 0.798. The molecule has 0 bridgehead atoms. The van der Waals surface area contributed by atoms with E-state index in [0.717, 1.165) is 43.4 Å². The first-order valence-electron chi connectivity index (χ1n) is 7.43. The van der Waals surface area contributed by atoms with Crippen molar-refractivity contribution in [1.29, 1.82) is 0 Å². The fourth-order valence-electron chi connectivity index (χ4n) is 3.08. The third kappa shape index (κ3) is 3.90. The Morgan fingerprint density at radius 1 is 1.38 bits per heavy atom. The number of rotatable bonds is 3. The number of ether oxygens (including phenoxy) is 2. The molecule has 2 aliphatic heterocycles. The van der Waals surface area contributed by atoms with Gasteiger partial charge in [0, 0.05) is 18.2 Å². The smallest absolute Gasteiger partial charge is 0.138 e. The van der Waals surface area contributed by atoms with Crippen LogP contribution in [-0.2, 0) is 10.1 Å². The molecule has 0 saturated carbocycles. The van der Waals surface area contributed by atoms with Gasteiger partial charge in [-0.05, 0) is 42.0 Å². The van der Waals surface area contributed by atoms with Gasteiger partial charge in [-0.1, -0.05) is 33.6 Å². The van der Waals surface area contributed by atoms with Crippen LogP contribution in [0.25, 0.3) is 0 Å². The molecule has 1 spiro atoms. The lowest BCUT2D eigenvalue weighted by atomic mass is 9.86. The van der Waals surface area contributed by atoms with Gasteiger partial charge >= 0.3 is 0 Å². The molecule has 2 heterocycles. The van der Waals surface area contributed by atoms with Crippen molar-refractivity contribution in [3.8, 4) is 5.75 Å². The summed E-state index contributed by atoms with van der Waals surface area (Å²) in [6, 6.07) is 6.01. The summed E-state index contributed by atoms with van der Waals surface area (Å²) < 4.78 is 12.3. The van der Waals surface area contributed by atoms with Crippen LogP contribution in [0.2, 0.25) is 5.02 Å². The number of halogens is 2. The van der Waals surface area contributed by atoms with E-state index >= 15 is 0 Å². The summed E-state index contributed by atoms with van der Waals surface area (Å²) in [5, 5.41) is 1.51. The molecule has 2 nitrogen and oxygen atoms in total. The first-order valence-corrected chi connectivity index (χ1v) is 10.1. The van der Waals surface area contributed by atoms with Gasteiger partial charge in [-0.25, -0.2) is 0 Å². The molecule has 1 unspecified atom stereocenters. The average Bonchev–Trinajstić information content (AvgIpc) is 2.50. The van der Waals surface area contributed by atoms with Gasteiger partial charge in [-0.2, -0.15) is 11.8 Å². The summed E-state index contributed by atoms with van der Waals surface area (Å²) in [4.78, 5) is 0. The molecule has 0 N–H and O–H groups in total. The van der Waals surface area contributed by atoms with Gasteiger partial charge < -0.3 is 9.47 Å². The van der Waals surface area contributed by atoms with Crippen molar-refractivity contribution in [2.24, 2.45) is 0 Å². The molecule has 3 rings (SSSR count). The topological polar surface area (TPSA) is 18.5 Å². The highest BCUT2D eigenvalue weighted by atomic mass is 79.9. The van der Waals surface area contributed by atoms with Crippen LogP contribution in [0.4, 0.5) is 0 Å². The first-order chi connectivity index (χ1) is 10.2. The number of hydrogen-bond donors (Lipinski definition) is 0. The fraction of sp³-hybridized carbons (Fsp3) is 0.625. The Hall–Kier alpha value is 0.1000. The molecule has 5 heteroatoms. The van der Waals surface area contributed by atoms with Crippen LogP contribution in [0.5, 0.6) is 5.75 Å². The lowest BCUT2D eigenvalue weighted by Gasteiger charge is -2.43. The minimum Gasteiger partial charge on any atom is -0.489 e. The van der Waals surface area contributed by atoms with Gasteiger partial charge in [0.1, 0.15) is 11.9 Å². The molecule has 1 aromatic rings. The second kappa shape index (κ2) is 7.12. The highest BCUT2D eigenvalue weighted by Crippen LogP contribution is 2.39. The molecule has 1 atom stereocenters. The van der Waals surface area contributed by atoms with Crippen molar-refractivity contribution in [1.82, 2.24) is 0 Å². The van der Waals surface area contributed by atoms with Crippen molar-refractivity contribution >= 4 is 39.3 Å². The predicted molar refractivity (Wildman–Crippen MR) is 93.0 cm³/mol. The number of alkyl halides is 1. The maximum Gasteiger partial charge on any atom is 0.138 e. The third-order valence-corrected chi connectivity index (χ3v) is 6.22. The molecule has 2 saturated heterocycles. The largest absolute Gasteiger partial charge is 0.489 e. The van der Waals surface area contributed by atoms with Gasteiger partial charge in [0.2, 0.25) is 0 Å². The van der Waals surface area contributed by atoms with Crippen LogP contribution in [0.15, 0.2) is 18.2 Å². The second-order valence-electron chi connectivity index (χ2n) is 5.77. The minimum atomic E-state index is 0.0520. The van der Waals surface area contributed by atoms with Gasteiger partial charge in [-0.15, -0.1) is 0 Å². The van der Waals surface area contributed by atoms with Crippen LogP contribution in [-0.4, -0.2) is 29.8 Å². The molecule has 0 aliphatic carbocycles. The monoisotopic (exact) mass is 390 g/mol. The van der Waals surface area contributed by atoms with Crippen LogP contribution in [0.1, 0.15) is 31.2 Å². The summed E-state index contributed by atoms with van der Waals surface area (Å²) in [5.41, 5.74) is 1.22. The van der Waals surface area contributed by atoms with Gasteiger partial charge in [-0.3, -0.25) is 0 Å². The molecule has 1 aromatic carbocycles. The van der Waals surface area contributed by atoms with E-state index in [1.165, 1.54) is 17.1 Å². The standard InChI is InChI=1S/C16H20BrClO2S/c17-11-12-1-2-15(14(18)9-12)20-13-3-6-19-16(10-13)4-7-21-8-5-16/h1-2,9,13H,3-8,10-11H2. The highest BCUT2D eigenvalue weighted by molar-refractivity contribution is 9.08. The Bertz CT molecular complexity index is 486. The van der Waals surface area contributed by atoms with E-state index in [2.05, 4.69) is 22.0 Å². The van der Waals surface area contributed by atoms with E-state index in [9.17, 15) is 0 Å². The van der Waals surface area contributed by atoms with E-state index < -0.39 is 0 Å². The summed E-state index contributed by atoms with van der Waals surface area (Å²) in [5.74, 6) is 3.20. The Balaban J connectivity index is 1.67. The van der Waals surface area contributed by atoms with E-state index in [-0.39, 0.29) is 11.7 Å². The van der Waals surface area contributed by atoms with Crippen molar-refractivity contribution in [3.05, 3.63) is 28.8 Å². The molecule has 2 aliphatic rings. The van der Waals surface area contributed by atoms with E-state index in [4.69, 9.17) is 21.1 Å². The number of hydrogen-bond acceptors (Lipinski definition) is 3. The van der Waals surface area contributed by atoms with Crippen LogP contribution >= 0.6 is 39.3 Å². The van der Waals surface area contributed by atoms with Crippen molar-refractivity contribution in [2.45, 2.75) is 42.7 Å². The molecular formula is C16H20BrClO2S. The van der Waals surface area contributed by atoms with E-state index in [1.807, 2.05) is 23.9 Å². The Morgan fingerprint density at radius 3 is 2.90 bits per heavy atom. The van der Waals surface area contributed by atoms with Gasteiger partial charge in [0.15, 0.2) is 0 Å². The zero-order chi connectivity index (χ0) is 14.7. The van der Waals surface area contributed by atoms with Crippen molar-refractivity contribution in [3.63, 3.8) is 0 Å². The van der Waals surface area contributed by atoms with Crippen molar-refractivity contribution < 1.29 is 9.47 Å². The normalized spacial score (nSPS) is 25.0. The van der Waals surface area contributed by atoms with Crippen LogP contribution in [0.3, 0.4) is 0 Å². The fourth-order valence-corrected chi connectivity index (χ4v) is 4.91. The molecule has 0 radical (unpaired) electrons. The lowest BCUT2D eigenvalue weighted by Crippen LogP contribution is -2.46. The van der Waals surface area contributed by atoms with E-state index in [1.54, 1.807) is 0 Å². The second-order valence-corrected chi connectivity index (χ2v) is 7.97. The van der Waals surface area contributed by atoms with Gasteiger partial charge in [0.05, 0.1) is 17.2 Å². The minimum absolute atomic E-state index is 0.0520. The molecule has 0 aromatic heterocycles. The van der Waals surface area contributed by atoms with E-state index in [0.29, 0.717) is 5.02 Å². The quantitative estimate of drug-likeness (QED) is 0.671.